The molecule has 0 aromatic heterocycles. The summed E-state index contributed by atoms with van der Waals surface area (Å²) in [4.78, 5) is 23.0. The van der Waals surface area contributed by atoms with Crippen LogP contribution in [0.25, 0.3) is 0 Å². The molecule has 0 heterocycles. The summed E-state index contributed by atoms with van der Waals surface area (Å²) in [6.45, 7) is 3.60. The van der Waals surface area contributed by atoms with Crippen molar-refractivity contribution in [3.8, 4) is 0 Å². The van der Waals surface area contributed by atoms with Gasteiger partial charge in [0.15, 0.2) is 0 Å². The highest BCUT2D eigenvalue weighted by Gasteiger charge is 2.25. The standard InChI is InChI=1S/C13H17F2N3O2/c1-3-7(2)11(18-13(16)20)12(19)17-10-5-8(14)4-9(15)6-10/h4-7,11H,3H2,1-2H3,(H,17,19)(H3,16,18,20). The minimum atomic E-state index is -0.871. The quantitative estimate of drug-likeness (QED) is 0.773. The van der Waals surface area contributed by atoms with E-state index in [9.17, 15) is 18.4 Å². The van der Waals surface area contributed by atoms with Crippen LogP contribution < -0.4 is 16.4 Å². The van der Waals surface area contributed by atoms with Crippen LogP contribution in [0.5, 0.6) is 0 Å². The number of hydrogen-bond acceptors (Lipinski definition) is 2. The van der Waals surface area contributed by atoms with Gasteiger partial charge in [-0.25, -0.2) is 13.6 Å². The van der Waals surface area contributed by atoms with Gasteiger partial charge < -0.3 is 16.4 Å². The smallest absolute Gasteiger partial charge is 0.312 e. The Bertz CT molecular complexity index is 488. The van der Waals surface area contributed by atoms with Crippen molar-refractivity contribution in [1.29, 1.82) is 0 Å². The van der Waals surface area contributed by atoms with E-state index in [-0.39, 0.29) is 11.6 Å². The van der Waals surface area contributed by atoms with Crippen LogP contribution in [0.2, 0.25) is 0 Å². The van der Waals surface area contributed by atoms with Crippen molar-refractivity contribution < 1.29 is 18.4 Å². The van der Waals surface area contributed by atoms with E-state index < -0.39 is 29.6 Å². The predicted molar refractivity (Wildman–Crippen MR) is 70.9 cm³/mol. The molecule has 0 radical (unpaired) electrons. The van der Waals surface area contributed by atoms with Crippen LogP contribution in [0.15, 0.2) is 18.2 Å². The second-order valence-electron chi connectivity index (χ2n) is 4.52. The molecule has 0 bridgehead atoms. The fraction of sp³-hybridized carbons (Fsp3) is 0.385. The van der Waals surface area contributed by atoms with Crippen LogP contribution in [-0.4, -0.2) is 18.0 Å². The Kier molecular flexibility index (Phi) is 5.42. The third-order valence-corrected chi connectivity index (χ3v) is 2.92. The first-order valence-electron chi connectivity index (χ1n) is 6.16. The molecule has 110 valence electrons. The molecule has 0 aliphatic rings. The molecule has 0 spiro atoms. The van der Waals surface area contributed by atoms with Gasteiger partial charge in [-0.1, -0.05) is 20.3 Å². The number of halogens is 2. The Morgan fingerprint density at radius 1 is 1.25 bits per heavy atom. The number of nitrogens with two attached hydrogens (primary N) is 1. The molecule has 4 N–H and O–H groups in total. The van der Waals surface area contributed by atoms with Crippen LogP contribution in [-0.2, 0) is 4.79 Å². The normalized spacial score (nSPS) is 13.4. The number of primary amides is 1. The van der Waals surface area contributed by atoms with Gasteiger partial charge in [0.05, 0.1) is 0 Å². The highest BCUT2D eigenvalue weighted by molar-refractivity contribution is 5.97. The molecule has 3 amide bonds. The molecule has 2 atom stereocenters. The van der Waals surface area contributed by atoms with Gasteiger partial charge in [0.25, 0.3) is 0 Å². The topological polar surface area (TPSA) is 84.2 Å². The first kappa shape index (κ1) is 15.9. The van der Waals surface area contributed by atoms with Crippen LogP contribution in [0.3, 0.4) is 0 Å². The molecule has 20 heavy (non-hydrogen) atoms. The molecule has 1 aromatic rings. The summed E-state index contributed by atoms with van der Waals surface area (Å²) in [5, 5.41) is 4.67. The van der Waals surface area contributed by atoms with Gasteiger partial charge in [0.1, 0.15) is 17.7 Å². The summed E-state index contributed by atoms with van der Waals surface area (Å²) in [7, 11) is 0. The Morgan fingerprint density at radius 3 is 2.25 bits per heavy atom. The van der Waals surface area contributed by atoms with E-state index in [4.69, 9.17) is 5.73 Å². The van der Waals surface area contributed by atoms with Crippen molar-refractivity contribution in [2.75, 3.05) is 5.32 Å². The molecule has 1 rings (SSSR count). The second-order valence-corrected chi connectivity index (χ2v) is 4.52. The molecule has 0 saturated heterocycles. The van der Waals surface area contributed by atoms with E-state index in [2.05, 4.69) is 10.6 Å². The van der Waals surface area contributed by atoms with Crippen LogP contribution >= 0.6 is 0 Å². The van der Waals surface area contributed by atoms with Crippen molar-refractivity contribution in [3.63, 3.8) is 0 Å². The fourth-order valence-corrected chi connectivity index (χ4v) is 1.70. The predicted octanol–water partition coefficient (Wildman–Crippen LogP) is 1.99. The monoisotopic (exact) mass is 285 g/mol. The zero-order valence-electron chi connectivity index (χ0n) is 11.2. The van der Waals surface area contributed by atoms with E-state index in [1.54, 1.807) is 6.92 Å². The van der Waals surface area contributed by atoms with Gasteiger partial charge in [0.2, 0.25) is 5.91 Å². The minimum absolute atomic E-state index is 0.0212. The lowest BCUT2D eigenvalue weighted by Crippen LogP contribution is -2.49. The van der Waals surface area contributed by atoms with E-state index in [0.29, 0.717) is 12.5 Å². The number of carbonyl (C=O) groups is 2. The van der Waals surface area contributed by atoms with Crippen molar-refractivity contribution in [3.05, 3.63) is 29.8 Å². The van der Waals surface area contributed by atoms with Gasteiger partial charge >= 0.3 is 6.03 Å². The molecule has 2 unspecified atom stereocenters. The van der Waals surface area contributed by atoms with Gasteiger partial charge in [-0.2, -0.15) is 0 Å². The molecule has 7 heteroatoms. The molecular formula is C13H17F2N3O2. The van der Waals surface area contributed by atoms with E-state index in [1.807, 2.05) is 6.92 Å². The number of urea groups is 1. The third kappa shape index (κ3) is 4.49. The Labute approximate surface area is 115 Å². The lowest BCUT2D eigenvalue weighted by molar-refractivity contribution is -0.119. The number of rotatable bonds is 5. The van der Waals surface area contributed by atoms with Crippen molar-refractivity contribution in [2.45, 2.75) is 26.3 Å². The maximum Gasteiger partial charge on any atom is 0.312 e. The average Bonchev–Trinajstić information content (AvgIpc) is 2.33. The molecule has 0 fully saturated rings. The maximum atomic E-state index is 13.0. The van der Waals surface area contributed by atoms with E-state index in [0.717, 1.165) is 12.1 Å². The zero-order valence-corrected chi connectivity index (χ0v) is 11.2. The number of nitrogens with one attached hydrogen (secondary N) is 2. The van der Waals surface area contributed by atoms with Gasteiger partial charge in [-0.3, -0.25) is 4.79 Å². The lowest BCUT2D eigenvalue weighted by Gasteiger charge is -2.22. The van der Waals surface area contributed by atoms with E-state index in [1.165, 1.54) is 0 Å². The average molecular weight is 285 g/mol. The summed E-state index contributed by atoms with van der Waals surface area (Å²) in [6, 6.07) is 0.959. The van der Waals surface area contributed by atoms with Crippen molar-refractivity contribution in [2.24, 2.45) is 11.7 Å². The number of hydrogen-bond donors (Lipinski definition) is 3. The van der Waals surface area contributed by atoms with Crippen molar-refractivity contribution >= 4 is 17.6 Å². The first-order valence-corrected chi connectivity index (χ1v) is 6.16. The van der Waals surface area contributed by atoms with Gasteiger partial charge in [0, 0.05) is 11.8 Å². The summed E-state index contributed by atoms with van der Waals surface area (Å²) in [6.07, 6.45) is 0.621. The Balaban J connectivity index is 2.87. The van der Waals surface area contributed by atoms with Crippen molar-refractivity contribution in [1.82, 2.24) is 5.32 Å². The maximum absolute atomic E-state index is 13.0. The summed E-state index contributed by atoms with van der Waals surface area (Å²) in [5.74, 6) is -2.37. The van der Waals surface area contributed by atoms with E-state index >= 15 is 0 Å². The second kappa shape index (κ2) is 6.83. The Hall–Kier alpha value is -2.18. The van der Waals surface area contributed by atoms with Crippen LogP contribution in [0, 0.1) is 17.6 Å². The third-order valence-electron chi connectivity index (χ3n) is 2.92. The van der Waals surface area contributed by atoms with Crippen LogP contribution in [0.1, 0.15) is 20.3 Å². The van der Waals surface area contributed by atoms with Gasteiger partial charge in [-0.15, -0.1) is 0 Å². The molecular weight excluding hydrogens is 268 g/mol. The minimum Gasteiger partial charge on any atom is -0.352 e. The summed E-state index contributed by atoms with van der Waals surface area (Å²) in [5.41, 5.74) is 4.99. The molecule has 0 aliphatic carbocycles. The molecule has 1 aromatic carbocycles. The number of benzene rings is 1. The number of amides is 3. The summed E-state index contributed by atoms with van der Waals surface area (Å²) >= 11 is 0. The van der Waals surface area contributed by atoms with Crippen LogP contribution in [0.4, 0.5) is 19.3 Å². The largest absolute Gasteiger partial charge is 0.352 e. The fourth-order valence-electron chi connectivity index (χ4n) is 1.70. The van der Waals surface area contributed by atoms with Gasteiger partial charge in [-0.05, 0) is 18.1 Å². The number of anilines is 1. The lowest BCUT2D eigenvalue weighted by atomic mass is 9.98. The highest BCUT2D eigenvalue weighted by Crippen LogP contribution is 2.15. The highest BCUT2D eigenvalue weighted by atomic mass is 19.1. The zero-order chi connectivity index (χ0) is 15.3. The SMILES string of the molecule is CCC(C)C(NC(N)=O)C(=O)Nc1cc(F)cc(F)c1. The Morgan fingerprint density at radius 2 is 1.80 bits per heavy atom. The molecule has 5 nitrogen and oxygen atoms in total. The summed E-state index contributed by atoms with van der Waals surface area (Å²) < 4.78 is 26.1. The number of carbonyl (C=O) groups excluding carboxylic acids is 2. The molecule has 0 aliphatic heterocycles. The molecule has 0 saturated carbocycles. The first-order chi connectivity index (χ1) is 9.33.